The number of hydrogen-bond donors (Lipinski definition) is 1. The van der Waals surface area contributed by atoms with Gasteiger partial charge in [0, 0.05) is 20.7 Å². The van der Waals surface area contributed by atoms with Gasteiger partial charge in [-0.15, -0.1) is 5.10 Å². The lowest BCUT2D eigenvalue weighted by molar-refractivity contribution is 0.101. The molecule has 1 heterocycles. The van der Waals surface area contributed by atoms with Gasteiger partial charge in [0.25, 0.3) is 5.91 Å². The van der Waals surface area contributed by atoms with E-state index in [1.807, 2.05) is 36.4 Å². The van der Waals surface area contributed by atoms with Crippen LogP contribution in [-0.2, 0) is 0 Å². The van der Waals surface area contributed by atoms with Gasteiger partial charge in [0.1, 0.15) is 5.82 Å². The standard InChI is InChI=1S/C21H13BrClFN4O/c22-14-3-11-18(12-4-14)28-20(13-1-5-15(23)6-2-13)26-19(27-28)21(29)25-17-9-7-16(24)8-10-17/h1-12H,(H,25,29). The summed E-state index contributed by atoms with van der Waals surface area (Å²) in [5.41, 5.74) is 1.95. The first-order chi connectivity index (χ1) is 14.0. The Morgan fingerprint density at radius 2 is 1.62 bits per heavy atom. The summed E-state index contributed by atoms with van der Waals surface area (Å²) in [6.07, 6.45) is 0. The summed E-state index contributed by atoms with van der Waals surface area (Å²) in [5.74, 6) is -0.399. The molecule has 0 atom stereocenters. The predicted molar refractivity (Wildman–Crippen MR) is 114 cm³/mol. The smallest absolute Gasteiger partial charge is 0.295 e. The maximum absolute atomic E-state index is 13.1. The molecule has 0 saturated heterocycles. The molecule has 144 valence electrons. The second-order valence-electron chi connectivity index (χ2n) is 6.12. The summed E-state index contributed by atoms with van der Waals surface area (Å²) in [6, 6.07) is 20.1. The van der Waals surface area contributed by atoms with E-state index in [1.165, 1.54) is 24.3 Å². The highest BCUT2D eigenvalue weighted by atomic mass is 79.9. The van der Waals surface area contributed by atoms with Crippen LogP contribution in [-0.4, -0.2) is 20.7 Å². The summed E-state index contributed by atoms with van der Waals surface area (Å²) in [7, 11) is 0. The topological polar surface area (TPSA) is 59.8 Å². The minimum absolute atomic E-state index is 0.0119. The SMILES string of the molecule is O=C(Nc1ccc(F)cc1)c1nc(-c2ccc(Cl)cc2)n(-c2ccc(Br)cc2)n1. The molecule has 0 radical (unpaired) electrons. The highest BCUT2D eigenvalue weighted by Gasteiger charge is 2.19. The molecule has 0 spiro atoms. The first-order valence-electron chi connectivity index (χ1n) is 8.55. The van der Waals surface area contributed by atoms with Gasteiger partial charge in [0.15, 0.2) is 5.82 Å². The molecular formula is C21H13BrClFN4O. The average molecular weight is 472 g/mol. The monoisotopic (exact) mass is 470 g/mol. The molecular weight excluding hydrogens is 459 g/mol. The molecule has 5 nitrogen and oxygen atoms in total. The zero-order valence-corrected chi connectivity index (χ0v) is 17.2. The fourth-order valence-electron chi connectivity index (χ4n) is 2.68. The number of hydrogen-bond acceptors (Lipinski definition) is 3. The van der Waals surface area contributed by atoms with Gasteiger partial charge in [0.2, 0.25) is 5.82 Å². The molecule has 4 rings (SSSR count). The van der Waals surface area contributed by atoms with E-state index >= 15 is 0 Å². The van der Waals surface area contributed by atoms with E-state index < -0.39 is 5.91 Å². The fraction of sp³-hybridized carbons (Fsp3) is 0. The zero-order valence-electron chi connectivity index (χ0n) is 14.8. The summed E-state index contributed by atoms with van der Waals surface area (Å²) in [6.45, 7) is 0. The highest BCUT2D eigenvalue weighted by Crippen LogP contribution is 2.24. The molecule has 0 aliphatic carbocycles. The van der Waals surface area contributed by atoms with E-state index in [4.69, 9.17) is 11.6 Å². The van der Waals surface area contributed by atoms with Crippen LogP contribution in [0.5, 0.6) is 0 Å². The van der Waals surface area contributed by atoms with Crippen molar-refractivity contribution in [2.75, 3.05) is 5.32 Å². The van der Waals surface area contributed by atoms with Crippen molar-refractivity contribution in [1.82, 2.24) is 14.8 Å². The minimum atomic E-state index is -0.498. The Morgan fingerprint density at radius 3 is 2.28 bits per heavy atom. The molecule has 0 aliphatic rings. The van der Waals surface area contributed by atoms with Crippen LogP contribution in [0.1, 0.15) is 10.6 Å². The molecule has 0 unspecified atom stereocenters. The Bertz CT molecular complexity index is 1100. The van der Waals surface area contributed by atoms with Gasteiger partial charge in [-0.25, -0.2) is 14.1 Å². The van der Waals surface area contributed by atoms with Gasteiger partial charge in [-0.3, -0.25) is 4.79 Å². The average Bonchev–Trinajstić information content (AvgIpc) is 3.16. The largest absolute Gasteiger partial charge is 0.319 e. The van der Waals surface area contributed by atoms with Crippen LogP contribution < -0.4 is 5.32 Å². The molecule has 0 fully saturated rings. The number of nitrogens with one attached hydrogen (secondary N) is 1. The van der Waals surface area contributed by atoms with Crippen LogP contribution in [0, 0.1) is 5.82 Å². The second-order valence-corrected chi connectivity index (χ2v) is 7.47. The molecule has 1 aromatic heterocycles. The quantitative estimate of drug-likeness (QED) is 0.413. The summed E-state index contributed by atoms with van der Waals surface area (Å²) in [5, 5.41) is 7.66. The number of nitrogens with zero attached hydrogens (tertiary/aromatic N) is 3. The molecule has 1 N–H and O–H groups in total. The summed E-state index contributed by atoms with van der Waals surface area (Å²) >= 11 is 9.40. The molecule has 0 bridgehead atoms. The van der Waals surface area contributed by atoms with Crippen molar-refractivity contribution in [3.8, 4) is 17.1 Å². The number of benzene rings is 3. The minimum Gasteiger partial charge on any atom is -0.319 e. The number of anilines is 1. The van der Waals surface area contributed by atoms with Crippen LogP contribution in [0.3, 0.4) is 0 Å². The highest BCUT2D eigenvalue weighted by molar-refractivity contribution is 9.10. The lowest BCUT2D eigenvalue weighted by Crippen LogP contribution is -2.14. The predicted octanol–water partition coefficient (Wildman–Crippen LogP) is 5.74. The van der Waals surface area contributed by atoms with Crippen molar-refractivity contribution in [3.05, 3.63) is 93.9 Å². The first kappa shape index (κ1) is 19.3. The molecule has 0 aliphatic heterocycles. The van der Waals surface area contributed by atoms with E-state index in [1.54, 1.807) is 16.8 Å². The molecule has 3 aromatic carbocycles. The third kappa shape index (κ3) is 4.36. The number of rotatable bonds is 4. The molecule has 29 heavy (non-hydrogen) atoms. The Kier molecular flexibility index (Phi) is 5.42. The van der Waals surface area contributed by atoms with E-state index in [-0.39, 0.29) is 11.6 Å². The summed E-state index contributed by atoms with van der Waals surface area (Å²) < 4.78 is 15.6. The van der Waals surface area contributed by atoms with Crippen molar-refractivity contribution in [1.29, 1.82) is 0 Å². The maximum atomic E-state index is 13.1. The van der Waals surface area contributed by atoms with Crippen LogP contribution in [0.4, 0.5) is 10.1 Å². The normalized spacial score (nSPS) is 10.7. The van der Waals surface area contributed by atoms with Gasteiger partial charge < -0.3 is 5.32 Å². The third-order valence-corrected chi connectivity index (χ3v) is 4.87. The Balaban J connectivity index is 1.74. The number of carbonyl (C=O) groups is 1. The zero-order chi connectivity index (χ0) is 20.4. The number of halogens is 3. The third-order valence-electron chi connectivity index (χ3n) is 4.09. The Morgan fingerprint density at radius 1 is 0.966 bits per heavy atom. The van der Waals surface area contributed by atoms with Gasteiger partial charge in [-0.05, 0) is 72.8 Å². The molecule has 8 heteroatoms. The van der Waals surface area contributed by atoms with Crippen molar-refractivity contribution >= 4 is 39.1 Å². The van der Waals surface area contributed by atoms with Crippen molar-refractivity contribution in [3.63, 3.8) is 0 Å². The van der Waals surface area contributed by atoms with Gasteiger partial charge >= 0.3 is 0 Å². The van der Waals surface area contributed by atoms with Crippen molar-refractivity contribution in [2.45, 2.75) is 0 Å². The fourth-order valence-corrected chi connectivity index (χ4v) is 3.07. The van der Waals surface area contributed by atoms with E-state index in [0.717, 1.165) is 15.7 Å². The van der Waals surface area contributed by atoms with Crippen molar-refractivity contribution in [2.24, 2.45) is 0 Å². The lowest BCUT2D eigenvalue weighted by atomic mass is 10.2. The van der Waals surface area contributed by atoms with Gasteiger partial charge in [-0.1, -0.05) is 27.5 Å². The van der Waals surface area contributed by atoms with E-state index in [9.17, 15) is 9.18 Å². The van der Waals surface area contributed by atoms with Crippen molar-refractivity contribution < 1.29 is 9.18 Å². The number of amides is 1. The Hall–Kier alpha value is -3.03. The summed E-state index contributed by atoms with van der Waals surface area (Å²) in [4.78, 5) is 17.1. The molecule has 1 amide bonds. The van der Waals surface area contributed by atoms with Crippen LogP contribution in [0.15, 0.2) is 77.3 Å². The lowest BCUT2D eigenvalue weighted by Gasteiger charge is -2.06. The first-order valence-corrected chi connectivity index (χ1v) is 9.72. The number of aromatic nitrogens is 3. The second kappa shape index (κ2) is 8.14. The number of carbonyl (C=O) groups excluding carboxylic acids is 1. The van der Waals surface area contributed by atoms with Crippen LogP contribution in [0.25, 0.3) is 17.1 Å². The molecule has 4 aromatic rings. The van der Waals surface area contributed by atoms with E-state index in [0.29, 0.717) is 16.5 Å². The molecule has 0 saturated carbocycles. The Labute approximate surface area is 179 Å². The van der Waals surface area contributed by atoms with Crippen LogP contribution in [0.2, 0.25) is 5.02 Å². The van der Waals surface area contributed by atoms with Gasteiger partial charge in [-0.2, -0.15) is 0 Å². The van der Waals surface area contributed by atoms with Crippen LogP contribution >= 0.6 is 27.5 Å². The van der Waals surface area contributed by atoms with E-state index in [2.05, 4.69) is 31.3 Å². The maximum Gasteiger partial charge on any atom is 0.295 e. The van der Waals surface area contributed by atoms with Gasteiger partial charge in [0.05, 0.1) is 5.69 Å².